The highest BCUT2D eigenvalue weighted by atomic mass is 16.4. The van der Waals surface area contributed by atoms with Crippen LogP contribution in [0.15, 0.2) is 0 Å². The van der Waals surface area contributed by atoms with E-state index in [1.54, 1.807) is 25.7 Å². The first-order chi connectivity index (χ1) is 9.20. The second-order valence-corrected chi connectivity index (χ2v) is 6.22. The zero-order chi connectivity index (χ0) is 15.4. The lowest BCUT2D eigenvalue weighted by atomic mass is 9.88. The molecule has 6 heteroatoms. The van der Waals surface area contributed by atoms with Gasteiger partial charge in [-0.25, -0.2) is 4.79 Å². The summed E-state index contributed by atoms with van der Waals surface area (Å²) in [6, 6.07) is -0.247. The fourth-order valence-electron chi connectivity index (χ4n) is 2.20. The molecule has 1 aliphatic heterocycles. The molecular weight excluding hydrogens is 260 g/mol. The monoisotopic (exact) mass is 286 g/mol. The van der Waals surface area contributed by atoms with Gasteiger partial charge in [-0.05, 0) is 39.5 Å². The van der Waals surface area contributed by atoms with Crippen LogP contribution in [0.1, 0.15) is 46.5 Å². The Balaban J connectivity index is 2.53. The summed E-state index contributed by atoms with van der Waals surface area (Å²) in [5, 5.41) is 21.9. The smallest absolute Gasteiger partial charge is 0.317 e. The van der Waals surface area contributed by atoms with Gasteiger partial charge < -0.3 is 20.4 Å². The standard InChI is InChI=1S/C14H26N2O4/c1-4-13(2,11(17)18)10-15-12(19)16-8-5-6-14(3,20)7-9-16/h20H,4-10H2,1-3H3,(H,15,19)(H,17,18). The molecule has 0 spiro atoms. The van der Waals surface area contributed by atoms with E-state index in [1.807, 2.05) is 0 Å². The normalized spacial score (nSPS) is 26.5. The summed E-state index contributed by atoms with van der Waals surface area (Å²) in [4.78, 5) is 24.9. The molecule has 0 aromatic carbocycles. The predicted molar refractivity (Wildman–Crippen MR) is 75.5 cm³/mol. The molecule has 0 saturated carbocycles. The molecule has 1 aliphatic rings. The minimum atomic E-state index is -0.937. The molecule has 0 aromatic rings. The van der Waals surface area contributed by atoms with Crippen LogP contribution in [0.25, 0.3) is 0 Å². The predicted octanol–water partition coefficient (Wildman–Crippen LogP) is 1.43. The van der Waals surface area contributed by atoms with Crippen molar-refractivity contribution >= 4 is 12.0 Å². The van der Waals surface area contributed by atoms with Crippen molar-refractivity contribution in [3.8, 4) is 0 Å². The van der Waals surface area contributed by atoms with Crippen LogP contribution in [0, 0.1) is 5.41 Å². The summed E-state index contributed by atoms with van der Waals surface area (Å²) in [5.74, 6) is -0.904. The molecule has 116 valence electrons. The first-order valence-electron chi connectivity index (χ1n) is 7.19. The average molecular weight is 286 g/mol. The summed E-state index contributed by atoms with van der Waals surface area (Å²) < 4.78 is 0. The number of likely N-dealkylation sites (tertiary alicyclic amines) is 1. The molecule has 20 heavy (non-hydrogen) atoms. The van der Waals surface area contributed by atoms with Crippen molar-refractivity contribution in [3.05, 3.63) is 0 Å². The molecule has 1 rings (SSSR count). The van der Waals surface area contributed by atoms with E-state index in [1.165, 1.54) is 0 Å². The minimum absolute atomic E-state index is 0.116. The van der Waals surface area contributed by atoms with Gasteiger partial charge in [-0.15, -0.1) is 0 Å². The van der Waals surface area contributed by atoms with Crippen molar-refractivity contribution in [2.75, 3.05) is 19.6 Å². The molecule has 3 N–H and O–H groups in total. The molecule has 0 bridgehead atoms. The van der Waals surface area contributed by atoms with Gasteiger partial charge in [0.2, 0.25) is 0 Å². The Hall–Kier alpha value is -1.30. The highest BCUT2D eigenvalue weighted by Crippen LogP contribution is 2.22. The van der Waals surface area contributed by atoms with Crippen LogP contribution in [-0.2, 0) is 4.79 Å². The SMILES string of the molecule is CCC(C)(CNC(=O)N1CCCC(C)(O)CC1)C(=O)O. The quantitative estimate of drug-likeness (QED) is 0.729. The van der Waals surface area contributed by atoms with Crippen molar-refractivity contribution in [1.29, 1.82) is 0 Å². The van der Waals surface area contributed by atoms with Gasteiger partial charge in [0.15, 0.2) is 0 Å². The Labute approximate surface area is 120 Å². The maximum absolute atomic E-state index is 12.1. The number of rotatable bonds is 4. The van der Waals surface area contributed by atoms with Crippen molar-refractivity contribution < 1.29 is 19.8 Å². The summed E-state index contributed by atoms with van der Waals surface area (Å²) >= 11 is 0. The molecule has 0 radical (unpaired) electrons. The summed E-state index contributed by atoms with van der Waals surface area (Å²) in [6.45, 7) is 6.41. The maximum atomic E-state index is 12.1. The van der Waals surface area contributed by atoms with Crippen LogP contribution < -0.4 is 5.32 Å². The number of hydrogen-bond acceptors (Lipinski definition) is 3. The fraction of sp³-hybridized carbons (Fsp3) is 0.857. The Morgan fingerprint density at radius 1 is 1.35 bits per heavy atom. The van der Waals surface area contributed by atoms with Crippen molar-refractivity contribution in [2.45, 2.75) is 52.1 Å². The zero-order valence-electron chi connectivity index (χ0n) is 12.6. The minimum Gasteiger partial charge on any atom is -0.481 e. The van der Waals surface area contributed by atoms with Gasteiger partial charge >= 0.3 is 12.0 Å². The summed E-state index contributed by atoms with van der Waals surface area (Å²) in [7, 11) is 0. The molecule has 0 aliphatic carbocycles. The third kappa shape index (κ3) is 4.37. The number of nitrogens with one attached hydrogen (secondary N) is 1. The maximum Gasteiger partial charge on any atom is 0.317 e. The number of carbonyl (C=O) groups excluding carboxylic acids is 1. The molecule has 2 unspecified atom stereocenters. The molecule has 2 atom stereocenters. The molecule has 1 fully saturated rings. The van der Waals surface area contributed by atoms with Gasteiger partial charge in [0, 0.05) is 19.6 Å². The van der Waals surface area contributed by atoms with Gasteiger partial charge in [0.25, 0.3) is 0 Å². The third-order valence-corrected chi connectivity index (χ3v) is 4.28. The molecule has 1 saturated heterocycles. The largest absolute Gasteiger partial charge is 0.481 e. The van der Waals surface area contributed by atoms with E-state index in [9.17, 15) is 19.8 Å². The highest BCUT2D eigenvalue weighted by molar-refractivity contribution is 5.77. The fourth-order valence-corrected chi connectivity index (χ4v) is 2.20. The van der Waals surface area contributed by atoms with E-state index in [0.29, 0.717) is 32.4 Å². The van der Waals surface area contributed by atoms with Crippen LogP contribution >= 0.6 is 0 Å². The Morgan fingerprint density at radius 3 is 2.55 bits per heavy atom. The van der Waals surface area contributed by atoms with E-state index in [2.05, 4.69) is 5.32 Å². The summed E-state index contributed by atoms with van der Waals surface area (Å²) in [5.41, 5.74) is -1.65. The van der Waals surface area contributed by atoms with Gasteiger partial charge in [-0.1, -0.05) is 6.92 Å². The topological polar surface area (TPSA) is 89.9 Å². The van der Waals surface area contributed by atoms with Gasteiger partial charge in [-0.3, -0.25) is 4.79 Å². The number of nitrogens with zero attached hydrogens (tertiary/aromatic N) is 1. The van der Waals surface area contributed by atoms with Crippen molar-refractivity contribution in [3.63, 3.8) is 0 Å². The van der Waals surface area contributed by atoms with Gasteiger partial charge in [-0.2, -0.15) is 0 Å². The van der Waals surface area contributed by atoms with Crippen LogP contribution in [-0.4, -0.2) is 52.3 Å². The average Bonchev–Trinajstić information content (AvgIpc) is 2.56. The molecule has 1 heterocycles. The van der Waals surface area contributed by atoms with Crippen LogP contribution in [0.2, 0.25) is 0 Å². The first kappa shape index (κ1) is 16.8. The van der Waals surface area contributed by atoms with E-state index >= 15 is 0 Å². The van der Waals surface area contributed by atoms with E-state index in [0.717, 1.165) is 6.42 Å². The highest BCUT2D eigenvalue weighted by Gasteiger charge is 2.33. The van der Waals surface area contributed by atoms with E-state index in [-0.39, 0.29) is 12.6 Å². The lowest BCUT2D eigenvalue weighted by Crippen LogP contribution is -2.46. The second-order valence-electron chi connectivity index (χ2n) is 6.22. The number of carboxylic acids is 1. The number of urea groups is 1. The lowest BCUT2D eigenvalue weighted by molar-refractivity contribution is -0.147. The molecule has 6 nitrogen and oxygen atoms in total. The van der Waals surface area contributed by atoms with Crippen LogP contribution in [0.3, 0.4) is 0 Å². The molecular formula is C14H26N2O4. The molecule has 2 amide bonds. The second kappa shape index (κ2) is 6.43. The number of hydrogen-bond donors (Lipinski definition) is 3. The Kier molecular flexibility index (Phi) is 5.39. The third-order valence-electron chi connectivity index (χ3n) is 4.28. The van der Waals surface area contributed by atoms with Crippen LogP contribution in [0.5, 0.6) is 0 Å². The van der Waals surface area contributed by atoms with Gasteiger partial charge in [0.1, 0.15) is 0 Å². The first-order valence-corrected chi connectivity index (χ1v) is 7.19. The number of carbonyl (C=O) groups is 2. The van der Waals surface area contributed by atoms with E-state index < -0.39 is 17.0 Å². The van der Waals surface area contributed by atoms with Crippen molar-refractivity contribution in [2.24, 2.45) is 5.41 Å². The van der Waals surface area contributed by atoms with Gasteiger partial charge in [0.05, 0.1) is 11.0 Å². The number of amides is 2. The molecule has 0 aromatic heterocycles. The zero-order valence-corrected chi connectivity index (χ0v) is 12.6. The lowest BCUT2D eigenvalue weighted by Gasteiger charge is -2.27. The van der Waals surface area contributed by atoms with E-state index in [4.69, 9.17) is 0 Å². The van der Waals surface area contributed by atoms with Crippen molar-refractivity contribution in [1.82, 2.24) is 10.2 Å². The Morgan fingerprint density at radius 2 is 2.00 bits per heavy atom. The van der Waals surface area contributed by atoms with Crippen LogP contribution in [0.4, 0.5) is 4.79 Å². The summed E-state index contributed by atoms with van der Waals surface area (Å²) in [6.07, 6.45) is 2.44. The number of aliphatic carboxylic acids is 1. The number of carboxylic acid groups (broad SMARTS) is 1. The Bertz CT molecular complexity index is 370. The number of aliphatic hydroxyl groups is 1.